The zero-order valence-electron chi connectivity index (χ0n) is 39.8. The summed E-state index contributed by atoms with van der Waals surface area (Å²) in [5, 5.41) is 34.4. The molecule has 362 valence electrons. The van der Waals surface area contributed by atoms with Crippen molar-refractivity contribution in [2.75, 3.05) is 13.1 Å². The van der Waals surface area contributed by atoms with Gasteiger partial charge in [0.25, 0.3) is 0 Å². The minimum atomic E-state index is -4.82. The SMILES string of the molecule is CC[N+](CC)=C1C=CC2C(=C1)OC(C(C)(C)C)=CC2/C=C/C=C1/C(CC(=O)NCc2c(O)ccc3c(-c4ccc(C(=O)O)cc4C(=O)O)c4ccc(=O)cc-4oc23)c2ccc(S(=O)(=O)[O-])cc2C1(C)C. The van der Waals surface area contributed by atoms with Crippen LogP contribution < -0.4 is 10.7 Å². The lowest BCUT2D eigenvalue weighted by molar-refractivity contribution is -0.519. The number of aromatic hydroxyl groups is 1. The largest absolute Gasteiger partial charge is 0.744 e. The molecular formula is C55H54N2O12S. The number of allylic oxidation sites excluding steroid dienone is 9. The van der Waals surface area contributed by atoms with E-state index in [-0.39, 0.29) is 74.5 Å². The van der Waals surface area contributed by atoms with Gasteiger partial charge in [0, 0.05) is 69.7 Å². The number of carboxylic acid groups (broad SMARTS) is 2. The first-order chi connectivity index (χ1) is 33.0. The number of carbonyl (C=O) groups excluding carboxylic acids is 1. The fourth-order valence-electron chi connectivity index (χ4n) is 9.89. The molecule has 0 saturated heterocycles. The molecule has 2 heterocycles. The van der Waals surface area contributed by atoms with E-state index < -0.39 is 44.7 Å². The molecule has 0 fully saturated rings. The summed E-state index contributed by atoms with van der Waals surface area (Å²) in [5.41, 5.74) is 1.95. The summed E-state index contributed by atoms with van der Waals surface area (Å²) in [7, 11) is -4.82. The minimum absolute atomic E-state index is 0.0428. The normalized spacial score (nSPS) is 19.2. The van der Waals surface area contributed by atoms with Crippen molar-refractivity contribution in [2.45, 2.75) is 77.7 Å². The molecule has 0 spiro atoms. The van der Waals surface area contributed by atoms with Gasteiger partial charge in [0.05, 0.1) is 28.1 Å². The van der Waals surface area contributed by atoms with E-state index in [1.807, 2.05) is 26.0 Å². The first-order valence-electron chi connectivity index (χ1n) is 23.0. The van der Waals surface area contributed by atoms with E-state index in [4.69, 9.17) is 9.15 Å². The summed E-state index contributed by atoms with van der Waals surface area (Å²) in [6.07, 6.45) is 14.4. The molecule has 8 rings (SSSR count). The van der Waals surface area contributed by atoms with Crippen LogP contribution in [-0.4, -0.2) is 69.5 Å². The van der Waals surface area contributed by atoms with Gasteiger partial charge in [-0.1, -0.05) is 76.6 Å². The highest BCUT2D eigenvalue weighted by atomic mass is 32.2. The van der Waals surface area contributed by atoms with Gasteiger partial charge < -0.3 is 34.3 Å². The maximum atomic E-state index is 14.3. The van der Waals surface area contributed by atoms with Crippen molar-refractivity contribution in [1.29, 1.82) is 0 Å². The molecule has 5 aliphatic rings. The molecule has 70 heavy (non-hydrogen) atoms. The first kappa shape index (κ1) is 49.1. The topological polar surface area (TPSA) is 224 Å². The number of aromatic carboxylic acids is 2. The van der Waals surface area contributed by atoms with Crippen LogP contribution in [0, 0.1) is 17.3 Å². The second-order valence-corrected chi connectivity index (χ2v) is 20.7. The quantitative estimate of drug-likeness (QED) is 0.0522. The highest BCUT2D eigenvalue weighted by Gasteiger charge is 2.43. The number of carboxylic acids is 2. The lowest BCUT2D eigenvalue weighted by Gasteiger charge is -2.35. The van der Waals surface area contributed by atoms with E-state index in [0.717, 1.165) is 42.0 Å². The number of phenolic OH excluding ortho intramolecular Hbond substituents is 1. The molecule has 3 aromatic rings. The number of benzene rings is 4. The van der Waals surface area contributed by atoms with E-state index in [0.29, 0.717) is 27.6 Å². The molecule has 15 heteroatoms. The number of nitrogens with zero attached hydrogens (tertiary/aromatic N) is 1. The summed E-state index contributed by atoms with van der Waals surface area (Å²) >= 11 is 0. The van der Waals surface area contributed by atoms with Gasteiger partial charge in [-0.25, -0.2) is 22.6 Å². The summed E-state index contributed by atoms with van der Waals surface area (Å²) < 4.78 is 51.9. The molecule has 0 aromatic heterocycles. The number of rotatable bonds is 12. The zero-order valence-corrected chi connectivity index (χ0v) is 40.6. The third kappa shape index (κ3) is 9.26. The third-order valence-corrected chi connectivity index (χ3v) is 14.4. The summed E-state index contributed by atoms with van der Waals surface area (Å²) in [6, 6.07) is 14.8. The Hall–Kier alpha value is -7.36. The van der Waals surface area contributed by atoms with Crippen molar-refractivity contribution in [1.82, 2.24) is 5.32 Å². The Bertz CT molecular complexity index is 3350. The minimum Gasteiger partial charge on any atom is -0.744 e. The van der Waals surface area contributed by atoms with Crippen molar-refractivity contribution in [2.24, 2.45) is 17.3 Å². The number of carbonyl (C=O) groups is 3. The van der Waals surface area contributed by atoms with Crippen LogP contribution in [-0.2, 0) is 31.6 Å². The fourth-order valence-corrected chi connectivity index (χ4v) is 10.4. The Balaban J connectivity index is 1.16. The highest BCUT2D eigenvalue weighted by Crippen LogP contribution is 2.52. The number of fused-ring (bicyclic) bond motifs is 4. The van der Waals surface area contributed by atoms with Gasteiger partial charge in [-0.2, -0.15) is 0 Å². The summed E-state index contributed by atoms with van der Waals surface area (Å²) in [5.74, 6) is -2.46. The van der Waals surface area contributed by atoms with Crippen molar-refractivity contribution < 1.29 is 56.4 Å². The third-order valence-electron chi connectivity index (χ3n) is 13.6. The van der Waals surface area contributed by atoms with Gasteiger partial charge >= 0.3 is 11.9 Å². The number of phenols is 1. The lowest BCUT2D eigenvalue weighted by Crippen LogP contribution is -2.29. The van der Waals surface area contributed by atoms with Crippen LogP contribution in [0.1, 0.15) is 98.2 Å². The maximum Gasteiger partial charge on any atom is 0.336 e. The second kappa shape index (κ2) is 18.5. The maximum absolute atomic E-state index is 14.3. The molecule has 3 unspecified atom stereocenters. The predicted molar refractivity (Wildman–Crippen MR) is 263 cm³/mol. The van der Waals surface area contributed by atoms with Crippen LogP contribution in [0.5, 0.6) is 5.75 Å². The average molecular weight is 967 g/mol. The smallest absolute Gasteiger partial charge is 0.336 e. The molecule has 1 amide bonds. The van der Waals surface area contributed by atoms with Crippen molar-refractivity contribution in [3.05, 3.63) is 164 Å². The fraction of sp³-hybridized carbons (Fsp3) is 0.291. The van der Waals surface area contributed by atoms with E-state index in [9.17, 15) is 47.5 Å². The Morgan fingerprint density at radius 1 is 0.943 bits per heavy atom. The molecule has 2 aliphatic heterocycles. The number of nitrogens with one attached hydrogen (secondary N) is 1. The van der Waals surface area contributed by atoms with Crippen molar-refractivity contribution >= 4 is 44.6 Å². The van der Waals surface area contributed by atoms with Crippen LogP contribution in [0.25, 0.3) is 33.4 Å². The predicted octanol–water partition coefficient (Wildman–Crippen LogP) is 9.27. The van der Waals surface area contributed by atoms with Gasteiger partial charge in [0.15, 0.2) is 5.43 Å². The summed E-state index contributed by atoms with van der Waals surface area (Å²) in [4.78, 5) is 51.0. The molecule has 3 atom stereocenters. The molecule has 3 aliphatic carbocycles. The van der Waals surface area contributed by atoms with Gasteiger partial charge in [0.1, 0.15) is 51.8 Å². The van der Waals surface area contributed by atoms with Gasteiger partial charge in [-0.3, -0.25) is 9.59 Å². The number of hydrogen-bond donors (Lipinski definition) is 4. The Morgan fingerprint density at radius 2 is 1.67 bits per heavy atom. The molecule has 3 aromatic carbocycles. The van der Waals surface area contributed by atoms with Gasteiger partial charge in [0.2, 0.25) is 11.6 Å². The summed E-state index contributed by atoms with van der Waals surface area (Å²) in [6.45, 7) is 15.8. The average Bonchev–Trinajstić information content (AvgIpc) is 3.50. The number of amides is 1. The van der Waals surface area contributed by atoms with E-state index in [2.05, 4.69) is 74.9 Å². The standard InChI is InChI=1S/C55H54N2O12S/c1-8-57(9-2)32-14-18-35-30(24-48(54(3,4)5)68-46(35)25-32)11-10-12-43-40(36-20-16-34(70(65,66)67)27-44(36)55(43,6)7)28-49(60)56-29-42-45(59)22-21-39-50(38-19-15-33(58)26-47(38)69-51(39)42)37-17-13-31(52(61)62)23-41(37)53(63)64/h10-27,30,35,40H,8-9,28-29H2,1-7H3,(H4-,56,58,59,60,61,62,63,64,65,66,67)/b11-10+,43-12-. The van der Waals surface area contributed by atoms with Gasteiger partial charge in [-0.05, 0) is 85.1 Å². The van der Waals surface area contributed by atoms with E-state index in [1.54, 1.807) is 6.07 Å². The second-order valence-electron chi connectivity index (χ2n) is 19.3. The van der Waals surface area contributed by atoms with E-state index in [1.165, 1.54) is 54.6 Å². The van der Waals surface area contributed by atoms with Crippen LogP contribution in [0.2, 0.25) is 0 Å². The highest BCUT2D eigenvalue weighted by molar-refractivity contribution is 7.85. The van der Waals surface area contributed by atoms with Crippen LogP contribution in [0.3, 0.4) is 0 Å². The van der Waals surface area contributed by atoms with Crippen LogP contribution in [0.4, 0.5) is 0 Å². The lowest BCUT2D eigenvalue weighted by atomic mass is 9.79. The molecule has 4 N–H and O–H groups in total. The monoisotopic (exact) mass is 966 g/mol. The Kier molecular flexibility index (Phi) is 13.0. The Labute approximate surface area is 405 Å². The van der Waals surface area contributed by atoms with Crippen molar-refractivity contribution in [3.8, 4) is 28.2 Å². The number of hydrogen-bond acceptors (Lipinski definition) is 10. The van der Waals surface area contributed by atoms with Crippen LogP contribution >= 0.6 is 0 Å². The van der Waals surface area contributed by atoms with Gasteiger partial charge in [-0.15, -0.1) is 0 Å². The molecule has 14 nitrogen and oxygen atoms in total. The van der Waals surface area contributed by atoms with Crippen molar-refractivity contribution in [3.63, 3.8) is 0 Å². The number of ether oxygens (including phenoxy) is 1. The zero-order chi connectivity index (χ0) is 50.6. The molecule has 0 saturated carbocycles. The molecule has 0 radical (unpaired) electrons. The van der Waals surface area contributed by atoms with E-state index >= 15 is 0 Å². The Morgan fingerprint density at radius 3 is 2.34 bits per heavy atom. The first-order valence-corrected chi connectivity index (χ1v) is 24.4. The molecule has 0 bridgehead atoms. The molecular weight excluding hydrogens is 913 g/mol. The van der Waals surface area contributed by atoms with Crippen LogP contribution in [0.15, 0.2) is 140 Å².